The highest BCUT2D eigenvalue weighted by Gasteiger charge is 2.34. The lowest BCUT2D eigenvalue weighted by Crippen LogP contribution is -2.50. The molecule has 2 aromatic carbocycles. The van der Waals surface area contributed by atoms with Crippen LogP contribution in [-0.4, -0.2) is 38.3 Å². The van der Waals surface area contributed by atoms with Gasteiger partial charge < -0.3 is 19.7 Å². The summed E-state index contributed by atoms with van der Waals surface area (Å²) in [4.78, 5) is 14.0. The zero-order valence-electron chi connectivity index (χ0n) is 18.6. The van der Waals surface area contributed by atoms with E-state index in [1.165, 1.54) is 18.2 Å². The van der Waals surface area contributed by atoms with Crippen LogP contribution in [0.25, 0.3) is 11.1 Å². The van der Waals surface area contributed by atoms with Crippen molar-refractivity contribution in [3.63, 3.8) is 0 Å². The summed E-state index contributed by atoms with van der Waals surface area (Å²) in [6.45, 7) is 11.0. The fourth-order valence-corrected chi connectivity index (χ4v) is 4.17. The zero-order chi connectivity index (χ0) is 21.5. The number of nitrogens with one attached hydrogen (secondary N) is 1. The van der Waals surface area contributed by atoms with Crippen LogP contribution >= 0.6 is 0 Å². The molecule has 5 nitrogen and oxygen atoms in total. The van der Waals surface area contributed by atoms with E-state index in [1.54, 1.807) is 0 Å². The Hall–Kier alpha value is -2.69. The van der Waals surface area contributed by atoms with Gasteiger partial charge in [0.15, 0.2) is 0 Å². The van der Waals surface area contributed by atoms with Gasteiger partial charge in [0, 0.05) is 37.3 Å². The lowest BCUT2D eigenvalue weighted by molar-refractivity contribution is -0.146. The Morgan fingerprint density at radius 2 is 2.00 bits per heavy atom. The minimum absolute atomic E-state index is 0.0310. The number of carbonyl (C=O) groups is 1. The van der Waals surface area contributed by atoms with Gasteiger partial charge in [0.25, 0.3) is 0 Å². The Balaban J connectivity index is 1.70. The maximum atomic E-state index is 11.7. The Kier molecular flexibility index (Phi) is 5.39. The molecule has 0 aromatic heterocycles. The molecular weight excluding hydrogens is 376 g/mol. The van der Waals surface area contributed by atoms with Crippen molar-refractivity contribution < 1.29 is 14.3 Å². The van der Waals surface area contributed by atoms with Gasteiger partial charge in [-0.1, -0.05) is 26.0 Å². The number of carbonyl (C=O) groups excluding carboxylic acids is 1. The highest BCUT2D eigenvalue weighted by molar-refractivity contribution is 5.85. The first-order valence-corrected chi connectivity index (χ1v) is 10.8. The maximum Gasteiger partial charge on any atom is 0.312 e. The highest BCUT2D eigenvalue weighted by Crippen LogP contribution is 2.43. The molecule has 0 unspecified atom stereocenters. The first-order valence-electron chi connectivity index (χ1n) is 10.8. The first-order chi connectivity index (χ1) is 14.3. The van der Waals surface area contributed by atoms with Gasteiger partial charge in [-0.05, 0) is 55.2 Å². The molecule has 1 fully saturated rings. The summed E-state index contributed by atoms with van der Waals surface area (Å²) in [6.07, 6.45) is 0.945. The molecule has 0 radical (unpaired) electrons. The predicted octanol–water partition coefficient (Wildman–Crippen LogP) is 5.06. The first kappa shape index (κ1) is 20.6. The average molecular weight is 409 g/mol. The van der Waals surface area contributed by atoms with Gasteiger partial charge in [-0.25, -0.2) is 0 Å². The van der Waals surface area contributed by atoms with Crippen molar-refractivity contribution in [1.29, 1.82) is 0 Å². The van der Waals surface area contributed by atoms with E-state index < -0.39 is 0 Å². The molecular formula is C25H32N2O3. The maximum absolute atomic E-state index is 11.7. The van der Waals surface area contributed by atoms with Crippen LogP contribution in [-0.2, 0) is 9.53 Å². The van der Waals surface area contributed by atoms with E-state index in [1.807, 2.05) is 0 Å². The molecule has 0 saturated carbocycles. The van der Waals surface area contributed by atoms with Crippen molar-refractivity contribution in [2.75, 3.05) is 37.0 Å². The van der Waals surface area contributed by atoms with Crippen LogP contribution in [0.15, 0.2) is 36.4 Å². The topological polar surface area (TPSA) is 50.8 Å². The molecule has 1 N–H and O–H groups in total. The minimum Gasteiger partial charge on any atom is -0.486 e. The number of benzene rings is 2. The number of fused-ring (bicyclic) bond motifs is 1. The second-order valence-electron chi connectivity index (χ2n) is 9.31. The van der Waals surface area contributed by atoms with Crippen LogP contribution in [0.5, 0.6) is 5.75 Å². The van der Waals surface area contributed by atoms with Crippen molar-refractivity contribution in [3.05, 3.63) is 42.0 Å². The summed E-state index contributed by atoms with van der Waals surface area (Å²) in [5.41, 5.74) is 5.59. The zero-order valence-corrected chi connectivity index (χ0v) is 18.6. The Morgan fingerprint density at radius 3 is 2.70 bits per heavy atom. The van der Waals surface area contributed by atoms with Gasteiger partial charge in [0.1, 0.15) is 11.4 Å². The Morgan fingerprint density at radius 1 is 1.23 bits per heavy atom. The Bertz CT molecular complexity index is 945. The lowest BCUT2D eigenvalue weighted by atomic mass is 9.94. The van der Waals surface area contributed by atoms with E-state index in [0.29, 0.717) is 19.0 Å². The molecule has 0 bridgehead atoms. The van der Waals surface area contributed by atoms with E-state index in [-0.39, 0.29) is 17.5 Å². The highest BCUT2D eigenvalue weighted by atomic mass is 16.5. The number of ether oxygens (including phenoxy) is 2. The van der Waals surface area contributed by atoms with Gasteiger partial charge in [-0.2, -0.15) is 0 Å². The summed E-state index contributed by atoms with van der Waals surface area (Å²) in [7, 11) is 1.45. The van der Waals surface area contributed by atoms with Gasteiger partial charge in [0.2, 0.25) is 0 Å². The second kappa shape index (κ2) is 7.86. The molecule has 5 heteroatoms. The number of rotatable bonds is 4. The number of hydrogen-bond donors (Lipinski definition) is 1. The lowest BCUT2D eigenvalue weighted by Gasteiger charge is -2.39. The van der Waals surface area contributed by atoms with Crippen LogP contribution in [0.2, 0.25) is 0 Å². The van der Waals surface area contributed by atoms with Crippen LogP contribution < -0.4 is 15.0 Å². The summed E-state index contributed by atoms with van der Waals surface area (Å²) < 4.78 is 11.3. The van der Waals surface area contributed by atoms with Gasteiger partial charge >= 0.3 is 5.97 Å². The fraction of sp³-hybridized carbons (Fsp3) is 0.480. The van der Waals surface area contributed by atoms with E-state index >= 15 is 0 Å². The largest absolute Gasteiger partial charge is 0.486 e. The number of anilines is 2. The van der Waals surface area contributed by atoms with Crippen LogP contribution in [0, 0.1) is 5.92 Å². The molecule has 2 aliphatic heterocycles. The van der Waals surface area contributed by atoms with Crippen LogP contribution in [0.1, 0.15) is 45.6 Å². The van der Waals surface area contributed by atoms with Crippen LogP contribution in [0.3, 0.4) is 0 Å². The smallest absolute Gasteiger partial charge is 0.312 e. The summed E-state index contributed by atoms with van der Waals surface area (Å²) in [5.74, 6) is 1.18. The minimum atomic E-state index is -0.201. The van der Waals surface area contributed by atoms with E-state index in [0.717, 1.165) is 35.7 Å². The molecule has 160 valence electrons. The summed E-state index contributed by atoms with van der Waals surface area (Å²) in [6, 6.07) is 13.0. The summed E-state index contributed by atoms with van der Waals surface area (Å²) in [5, 5.41) is 3.62. The third kappa shape index (κ3) is 3.98. The molecule has 2 aromatic rings. The van der Waals surface area contributed by atoms with Crippen molar-refractivity contribution in [2.45, 2.75) is 45.6 Å². The molecule has 0 atom stereocenters. The molecule has 2 aliphatic rings. The van der Waals surface area contributed by atoms with E-state index in [4.69, 9.17) is 9.47 Å². The number of hydrogen-bond acceptors (Lipinski definition) is 5. The SMILES string of the molecule is COC(=O)C1CN(c2cccc(-c3cc(C(C)C)cc4c3NCCC(C)(C)O4)c2)C1. The number of esters is 1. The molecule has 4 rings (SSSR count). The van der Waals surface area contributed by atoms with Crippen LogP contribution in [0.4, 0.5) is 11.4 Å². The van der Waals surface area contributed by atoms with Crippen molar-refractivity contribution >= 4 is 17.3 Å². The predicted molar refractivity (Wildman–Crippen MR) is 121 cm³/mol. The quantitative estimate of drug-likeness (QED) is 0.717. The number of nitrogens with zero attached hydrogens (tertiary/aromatic N) is 1. The fourth-order valence-electron chi connectivity index (χ4n) is 4.17. The molecule has 0 amide bonds. The molecule has 0 spiro atoms. The third-order valence-electron chi connectivity index (χ3n) is 6.14. The van der Waals surface area contributed by atoms with Crippen molar-refractivity contribution in [2.24, 2.45) is 5.92 Å². The third-order valence-corrected chi connectivity index (χ3v) is 6.14. The standard InChI is InChI=1S/C25H32N2O3/c1-16(2)18-12-21(23-22(13-18)30-25(3,4)9-10-26-23)17-7-6-8-20(11-17)27-14-19(15-27)24(28)29-5/h6-8,11-13,16,19,26H,9-10,14-15H2,1-5H3. The van der Waals surface area contributed by atoms with E-state index in [9.17, 15) is 4.79 Å². The molecule has 0 aliphatic carbocycles. The van der Waals surface area contributed by atoms with Gasteiger partial charge in [-0.3, -0.25) is 4.79 Å². The number of methoxy groups -OCH3 is 1. The second-order valence-corrected chi connectivity index (χ2v) is 9.31. The average Bonchev–Trinajstić information content (AvgIpc) is 2.82. The van der Waals surface area contributed by atoms with Crippen molar-refractivity contribution in [1.82, 2.24) is 0 Å². The molecule has 30 heavy (non-hydrogen) atoms. The van der Waals surface area contributed by atoms with Gasteiger partial charge in [0.05, 0.1) is 18.7 Å². The normalized spacial score (nSPS) is 18.0. The van der Waals surface area contributed by atoms with Crippen molar-refractivity contribution in [3.8, 4) is 16.9 Å². The Labute approximate surface area is 179 Å². The molecule has 1 saturated heterocycles. The van der Waals surface area contributed by atoms with Gasteiger partial charge in [-0.15, -0.1) is 0 Å². The molecule has 2 heterocycles. The van der Waals surface area contributed by atoms with E-state index in [2.05, 4.69) is 74.3 Å². The summed E-state index contributed by atoms with van der Waals surface area (Å²) >= 11 is 0. The monoisotopic (exact) mass is 408 g/mol.